The summed E-state index contributed by atoms with van der Waals surface area (Å²) >= 11 is 5.62. The lowest BCUT2D eigenvalue weighted by molar-refractivity contribution is -0.137. The lowest BCUT2D eigenvalue weighted by Crippen LogP contribution is -2.37. The molecule has 0 unspecified atom stereocenters. The number of rotatable bonds is 3. The van der Waals surface area contributed by atoms with Crippen LogP contribution in [-0.4, -0.2) is 36.3 Å². The fraction of sp³-hybridized carbons (Fsp3) is 0.333. The van der Waals surface area contributed by atoms with Gasteiger partial charge >= 0.3 is 6.18 Å². The van der Waals surface area contributed by atoms with Crippen LogP contribution >= 0.6 is 11.6 Å². The molecule has 1 aromatic carbocycles. The quantitative estimate of drug-likeness (QED) is 0.906. The lowest BCUT2D eigenvalue weighted by atomic mass is 10.2. The van der Waals surface area contributed by atoms with Gasteiger partial charge < -0.3 is 15.0 Å². The van der Waals surface area contributed by atoms with Gasteiger partial charge in [-0.15, -0.1) is 0 Å². The van der Waals surface area contributed by atoms with E-state index in [1.165, 1.54) is 12.1 Å². The zero-order valence-corrected chi connectivity index (χ0v) is 13.2. The molecular weight excluding hydrogens is 345 g/mol. The van der Waals surface area contributed by atoms with Gasteiger partial charge in [-0.3, -0.25) is 0 Å². The Bertz CT molecular complexity index is 720. The molecule has 9 heteroatoms. The summed E-state index contributed by atoms with van der Waals surface area (Å²) in [6, 6.07) is 5.22. The Hall–Kier alpha value is -2.06. The number of morpholine rings is 1. The molecule has 1 saturated heterocycles. The van der Waals surface area contributed by atoms with Crippen molar-refractivity contribution in [3.8, 4) is 0 Å². The number of anilines is 3. The molecule has 2 heterocycles. The van der Waals surface area contributed by atoms with Crippen molar-refractivity contribution < 1.29 is 17.9 Å². The monoisotopic (exact) mass is 358 g/mol. The molecule has 0 spiro atoms. The van der Waals surface area contributed by atoms with Gasteiger partial charge in [0.25, 0.3) is 0 Å². The van der Waals surface area contributed by atoms with Crippen LogP contribution < -0.4 is 10.2 Å². The highest BCUT2D eigenvalue weighted by molar-refractivity contribution is 6.31. The van der Waals surface area contributed by atoms with E-state index >= 15 is 0 Å². The van der Waals surface area contributed by atoms with Crippen molar-refractivity contribution in [1.82, 2.24) is 9.97 Å². The highest BCUT2D eigenvalue weighted by atomic mass is 35.5. The Morgan fingerprint density at radius 1 is 1.17 bits per heavy atom. The number of nitrogens with one attached hydrogen (secondary N) is 1. The van der Waals surface area contributed by atoms with Gasteiger partial charge in [-0.1, -0.05) is 11.6 Å². The third kappa shape index (κ3) is 3.88. The van der Waals surface area contributed by atoms with E-state index in [1.54, 1.807) is 12.3 Å². The molecule has 0 bridgehead atoms. The van der Waals surface area contributed by atoms with Gasteiger partial charge in [0.15, 0.2) is 0 Å². The third-order valence-electron chi connectivity index (χ3n) is 3.48. The topological polar surface area (TPSA) is 50.3 Å². The van der Waals surface area contributed by atoms with Crippen molar-refractivity contribution in [1.29, 1.82) is 0 Å². The summed E-state index contributed by atoms with van der Waals surface area (Å²) in [6.07, 6.45) is -2.96. The molecule has 0 saturated carbocycles. The molecule has 3 rings (SSSR count). The number of aromatic nitrogens is 2. The number of ether oxygens (including phenoxy) is 1. The fourth-order valence-corrected chi connectivity index (χ4v) is 2.53. The summed E-state index contributed by atoms with van der Waals surface area (Å²) in [5.74, 6) is 0.912. The van der Waals surface area contributed by atoms with Gasteiger partial charge in [-0.25, -0.2) is 4.98 Å². The summed E-state index contributed by atoms with van der Waals surface area (Å²) in [5, 5.41) is 2.51. The highest BCUT2D eigenvalue weighted by Gasteiger charge is 2.33. The number of nitrogens with zero attached hydrogens (tertiary/aromatic N) is 3. The SMILES string of the molecule is FC(F)(F)c1cc(Nc2ccnc(N3CCOCC3)n2)ccc1Cl. The zero-order valence-electron chi connectivity index (χ0n) is 12.5. The van der Waals surface area contributed by atoms with Crippen molar-refractivity contribution in [2.45, 2.75) is 6.18 Å². The first kappa shape index (κ1) is 16.8. The molecule has 1 N–H and O–H groups in total. The number of benzene rings is 1. The number of hydrogen-bond donors (Lipinski definition) is 1. The van der Waals surface area contributed by atoms with Crippen LogP contribution in [0.5, 0.6) is 0 Å². The molecule has 1 aromatic heterocycles. The molecular formula is C15H14ClF3N4O. The van der Waals surface area contributed by atoms with E-state index in [1.807, 2.05) is 4.90 Å². The highest BCUT2D eigenvalue weighted by Crippen LogP contribution is 2.36. The second-order valence-electron chi connectivity index (χ2n) is 5.16. The van der Waals surface area contributed by atoms with Gasteiger partial charge in [-0.05, 0) is 24.3 Å². The maximum Gasteiger partial charge on any atom is 0.417 e. The van der Waals surface area contributed by atoms with E-state index in [-0.39, 0.29) is 10.7 Å². The lowest BCUT2D eigenvalue weighted by Gasteiger charge is -2.26. The summed E-state index contributed by atoms with van der Waals surface area (Å²) in [6.45, 7) is 2.52. The van der Waals surface area contributed by atoms with E-state index in [0.717, 1.165) is 6.07 Å². The number of alkyl halides is 3. The maximum absolute atomic E-state index is 12.9. The van der Waals surface area contributed by atoms with E-state index < -0.39 is 11.7 Å². The standard InChI is InChI=1S/C15H14ClF3N4O/c16-12-2-1-10(9-11(12)15(17,18)19)21-13-3-4-20-14(22-13)23-5-7-24-8-6-23/h1-4,9H,5-8H2,(H,20,21,22). The van der Waals surface area contributed by atoms with E-state index in [4.69, 9.17) is 16.3 Å². The van der Waals surface area contributed by atoms with Gasteiger partial charge in [0.05, 0.1) is 23.8 Å². The van der Waals surface area contributed by atoms with Crippen LogP contribution in [-0.2, 0) is 10.9 Å². The van der Waals surface area contributed by atoms with Crippen molar-refractivity contribution in [2.75, 3.05) is 36.5 Å². The van der Waals surface area contributed by atoms with Crippen molar-refractivity contribution in [2.24, 2.45) is 0 Å². The van der Waals surface area contributed by atoms with Crippen LogP contribution in [0, 0.1) is 0 Å². The molecule has 24 heavy (non-hydrogen) atoms. The smallest absolute Gasteiger partial charge is 0.378 e. The van der Waals surface area contributed by atoms with Crippen LogP contribution in [0.1, 0.15) is 5.56 Å². The van der Waals surface area contributed by atoms with Crippen LogP contribution in [0.2, 0.25) is 5.02 Å². The van der Waals surface area contributed by atoms with E-state index in [2.05, 4.69) is 15.3 Å². The summed E-state index contributed by atoms with van der Waals surface area (Å²) < 4.78 is 44.0. The second kappa shape index (κ2) is 6.82. The average molecular weight is 359 g/mol. The second-order valence-corrected chi connectivity index (χ2v) is 5.57. The predicted molar refractivity (Wildman–Crippen MR) is 84.8 cm³/mol. The van der Waals surface area contributed by atoms with Crippen molar-refractivity contribution in [3.63, 3.8) is 0 Å². The average Bonchev–Trinajstić information content (AvgIpc) is 2.57. The molecule has 0 amide bonds. The van der Waals surface area contributed by atoms with Crippen LogP contribution in [0.25, 0.3) is 0 Å². The van der Waals surface area contributed by atoms with Crippen LogP contribution in [0.15, 0.2) is 30.5 Å². The van der Waals surface area contributed by atoms with Gasteiger partial charge in [-0.2, -0.15) is 18.2 Å². The zero-order chi connectivity index (χ0) is 17.2. The summed E-state index contributed by atoms with van der Waals surface area (Å²) in [5.41, 5.74) is -0.644. The Morgan fingerprint density at radius 2 is 1.92 bits per heavy atom. The minimum absolute atomic E-state index is 0.248. The maximum atomic E-state index is 12.9. The first-order valence-corrected chi connectivity index (χ1v) is 7.61. The molecule has 128 valence electrons. The first-order chi connectivity index (χ1) is 11.4. The summed E-state index contributed by atoms with van der Waals surface area (Å²) in [4.78, 5) is 10.5. The van der Waals surface area contributed by atoms with Crippen molar-refractivity contribution >= 4 is 29.1 Å². The molecule has 0 radical (unpaired) electrons. The third-order valence-corrected chi connectivity index (χ3v) is 3.81. The Kier molecular flexibility index (Phi) is 4.77. The van der Waals surface area contributed by atoms with Crippen LogP contribution in [0.3, 0.4) is 0 Å². The Balaban J connectivity index is 1.81. The fourth-order valence-electron chi connectivity index (χ4n) is 2.30. The molecule has 0 aliphatic carbocycles. The van der Waals surface area contributed by atoms with Gasteiger partial charge in [0.1, 0.15) is 5.82 Å². The molecule has 5 nitrogen and oxygen atoms in total. The minimum atomic E-state index is -4.51. The first-order valence-electron chi connectivity index (χ1n) is 7.23. The van der Waals surface area contributed by atoms with Gasteiger partial charge in [0, 0.05) is 25.0 Å². The minimum Gasteiger partial charge on any atom is -0.378 e. The number of hydrogen-bond acceptors (Lipinski definition) is 5. The predicted octanol–water partition coefficient (Wildman–Crippen LogP) is 3.73. The molecule has 0 atom stereocenters. The Labute approximate surface area is 141 Å². The molecule has 2 aromatic rings. The normalized spacial score (nSPS) is 15.4. The van der Waals surface area contributed by atoms with E-state index in [9.17, 15) is 13.2 Å². The summed E-state index contributed by atoms with van der Waals surface area (Å²) in [7, 11) is 0. The largest absolute Gasteiger partial charge is 0.417 e. The molecule has 1 fully saturated rings. The Morgan fingerprint density at radius 3 is 2.62 bits per heavy atom. The van der Waals surface area contributed by atoms with Crippen molar-refractivity contribution in [3.05, 3.63) is 41.0 Å². The number of halogens is 4. The molecule has 1 aliphatic heterocycles. The van der Waals surface area contributed by atoms with E-state index in [0.29, 0.717) is 38.1 Å². The molecule has 1 aliphatic rings. The van der Waals surface area contributed by atoms with Crippen LogP contribution in [0.4, 0.5) is 30.6 Å². The van der Waals surface area contributed by atoms with Gasteiger partial charge in [0.2, 0.25) is 5.95 Å².